The molecule has 1 unspecified atom stereocenters. The Hall–Kier alpha value is -1.55. The predicted octanol–water partition coefficient (Wildman–Crippen LogP) is 2.89. The maximum atomic E-state index is 12.2. The summed E-state index contributed by atoms with van der Waals surface area (Å²) in [7, 11) is 1.98. The van der Waals surface area contributed by atoms with E-state index in [9.17, 15) is 4.79 Å². The van der Waals surface area contributed by atoms with Crippen molar-refractivity contribution >= 4 is 29.1 Å². The number of carbonyl (C=O) groups excluding carboxylic acids is 1. The molecule has 0 saturated carbocycles. The third-order valence-electron chi connectivity index (χ3n) is 3.66. The third kappa shape index (κ3) is 5.54. The van der Waals surface area contributed by atoms with E-state index in [0.29, 0.717) is 18.1 Å². The number of nitrogens with one attached hydrogen (secondary N) is 2. The molecule has 0 bridgehead atoms. The van der Waals surface area contributed by atoms with E-state index in [1.165, 1.54) is 0 Å². The molecule has 0 aliphatic rings. The van der Waals surface area contributed by atoms with Gasteiger partial charge in [-0.05, 0) is 30.7 Å². The Morgan fingerprint density at radius 3 is 2.43 bits per heavy atom. The average molecular weight is 352 g/mol. The van der Waals surface area contributed by atoms with E-state index in [0.717, 1.165) is 21.0 Å². The molecule has 0 aromatic heterocycles. The van der Waals surface area contributed by atoms with E-state index in [1.54, 1.807) is 0 Å². The number of hydrogen-bond donors (Lipinski definition) is 2. The molecule has 0 aliphatic heterocycles. The number of carbonyl (C=O) groups is 1. The van der Waals surface area contributed by atoms with Gasteiger partial charge in [-0.25, -0.2) is 0 Å². The molecule has 0 heterocycles. The molecule has 23 heavy (non-hydrogen) atoms. The molecule has 0 fully saturated rings. The van der Waals surface area contributed by atoms with Crippen molar-refractivity contribution < 1.29 is 9.69 Å². The first-order chi connectivity index (χ1) is 11.0. The summed E-state index contributed by atoms with van der Waals surface area (Å²) in [6.07, 6.45) is 0. The number of amides is 1. The van der Waals surface area contributed by atoms with Crippen LogP contribution >= 0.6 is 23.2 Å². The van der Waals surface area contributed by atoms with Gasteiger partial charge >= 0.3 is 0 Å². The van der Waals surface area contributed by atoms with Gasteiger partial charge in [-0.2, -0.15) is 0 Å². The van der Waals surface area contributed by atoms with Crippen LogP contribution in [0.3, 0.4) is 0 Å². The van der Waals surface area contributed by atoms with Crippen molar-refractivity contribution in [2.75, 3.05) is 13.6 Å². The normalized spacial score (nSPS) is 13.4. The highest BCUT2D eigenvalue weighted by atomic mass is 35.5. The fraction of sp³-hybridized carbons (Fsp3) is 0.278. The lowest BCUT2D eigenvalue weighted by atomic mass is 10.1. The second-order valence-corrected chi connectivity index (χ2v) is 6.59. The van der Waals surface area contributed by atoms with Crippen LogP contribution < -0.4 is 10.2 Å². The van der Waals surface area contributed by atoms with E-state index in [-0.39, 0.29) is 11.9 Å². The fourth-order valence-corrected chi connectivity index (χ4v) is 2.76. The van der Waals surface area contributed by atoms with Crippen molar-refractivity contribution in [2.45, 2.75) is 19.5 Å². The Kier molecular flexibility index (Phi) is 6.46. The largest absolute Gasteiger partial charge is 0.345 e. The second-order valence-electron chi connectivity index (χ2n) is 5.74. The first-order valence-corrected chi connectivity index (χ1v) is 8.31. The number of hydrogen-bond acceptors (Lipinski definition) is 1. The van der Waals surface area contributed by atoms with E-state index in [2.05, 4.69) is 5.32 Å². The smallest absolute Gasteiger partial charge is 0.275 e. The first-order valence-electron chi connectivity index (χ1n) is 7.55. The quantitative estimate of drug-likeness (QED) is 0.824. The Labute approximate surface area is 147 Å². The average Bonchev–Trinajstić information content (AvgIpc) is 2.50. The van der Waals surface area contributed by atoms with Crippen LogP contribution in [-0.4, -0.2) is 19.5 Å². The molecule has 0 aliphatic carbocycles. The monoisotopic (exact) mass is 351 g/mol. The van der Waals surface area contributed by atoms with Crippen molar-refractivity contribution in [3.63, 3.8) is 0 Å². The summed E-state index contributed by atoms with van der Waals surface area (Å²) < 4.78 is 0. The van der Waals surface area contributed by atoms with Gasteiger partial charge in [-0.1, -0.05) is 53.5 Å². The van der Waals surface area contributed by atoms with Gasteiger partial charge in [0.2, 0.25) is 0 Å². The molecule has 2 rings (SSSR count). The van der Waals surface area contributed by atoms with Crippen LogP contribution in [0.1, 0.15) is 24.1 Å². The summed E-state index contributed by atoms with van der Waals surface area (Å²) in [4.78, 5) is 13.3. The lowest BCUT2D eigenvalue weighted by Gasteiger charge is -2.18. The number of quaternary nitrogens is 1. The van der Waals surface area contributed by atoms with Crippen LogP contribution in [0.15, 0.2) is 48.5 Å². The van der Waals surface area contributed by atoms with Crippen LogP contribution in [0.25, 0.3) is 0 Å². The maximum absolute atomic E-state index is 12.2. The summed E-state index contributed by atoms with van der Waals surface area (Å²) >= 11 is 12.0. The van der Waals surface area contributed by atoms with Gasteiger partial charge in [0.25, 0.3) is 5.91 Å². The topological polar surface area (TPSA) is 33.5 Å². The molecule has 0 spiro atoms. The van der Waals surface area contributed by atoms with Crippen molar-refractivity contribution in [3.8, 4) is 0 Å². The number of halogens is 2. The van der Waals surface area contributed by atoms with Gasteiger partial charge < -0.3 is 10.2 Å². The first kappa shape index (κ1) is 17.8. The lowest BCUT2D eigenvalue weighted by molar-refractivity contribution is -0.885. The Bertz CT molecular complexity index is 658. The molecule has 5 heteroatoms. The number of likely N-dealkylation sites (N-methyl/N-ethyl adjacent to an activating group) is 1. The Balaban J connectivity index is 1.86. The second kappa shape index (κ2) is 8.34. The molecule has 0 radical (unpaired) electrons. The summed E-state index contributed by atoms with van der Waals surface area (Å²) in [6, 6.07) is 15.2. The predicted molar refractivity (Wildman–Crippen MR) is 94.9 cm³/mol. The van der Waals surface area contributed by atoms with Crippen LogP contribution in [0.2, 0.25) is 10.0 Å². The molecule has 2 aromatic carbocycles. The minimum Gasteiger partial charge on any atom is -0.345 e. The Morgan fingerprint density at radius 1 is 1.13 bits per heavy atom. The molecule has 3 nitrogen and oxygen atoms in total. The minimum atomic E-state index is -0.0483. The molecular formula is C18H21Cl2N2O+. The van der Waals surface area contributed by atoms with Crippen LogP contribution in [0.5, 0.6) is 0 Å². The summed E-state index contributed by atoms with van der Waals surface area (Å²) in [5.74, 6) is 0.0111. The molecule has 1 amide bonds. The minimum absolute atomic E-state index is 0.0111. The molecule has 2 aromatic rings. The van der Waals surface area contributed by atoms with Crippen LogP contribution in [-0.2, 0) is 11.3 Å². The molecule has 122 valence electrons. The molecular weight excluding hydrogens is 331 g/mol. The van der Waals surface area contributed by atoms with E-state index in [4.69, 9.17) is 23.2 Å². The zero-order valence-electron chi connectivity index (χ0n) is 13.3. The fourth-order valence-electron chi connectivity index (χ4n) is 2.43. The van der Waals surface area contributed by atoms with Gasteiger partial charge in [-0.15, -0.1) is 0 Å². The zero-order valence-corrected chi connectivity index (χ0v) is 14.8. The van der Waals surface area contributed by atoms with Crippen LogP contribution in [0, 0.1) is 0 Å². The van der Waals surface area contributed by atoms with Crippen LogP contribution in [0.4, 0.5) is 0 Å². The van der Waals surface area contributed by atoms with E-state index >= 15 is 0 Å². The highest BCUT2D eigenvalue weighted by Gasteiger charge is 2.15. The van der Waals surface area contributed by atoms with Crippen molar-refractivity contribution in [1.29, 1.82) is 0 Å². The van der Waals surface area contributed by atoms with E-state index in [1.807, 2.05) is 62.5 Å². The molecule has 2 atom stereocenters. The standard InChI is InChI=1S/C18H20Cl2N2O/c1-13(14-7-9-16(19)10-8-14)21-18(23)12-22(2)11-15-5-3-4-6-17(15)20/h3-10,13H,11-12H2,1-2H3,(H,21,23)/p+1/t13-/m0/s1. The number of rotatable bonds is 6. The summed E-state index contributed by atoms with van der Waals surface area (Å²) in [5, 5.41) is 4.44. The van der Waals surface area contributed by atoms with Gasteiger partial charge in [0.1, 0.15) is 6.54 Å². The van der Waals surface area contributed by atoms with Gasteiger partial charge in [0.05, 0.1) is 13.1 Å². The molecule has 2 N–H and O–H groups in total. The summed E-state index contributed by atoms with van der Waals surface area (Å²) in [5.41, 5.74) is 2.08. The zero-order chi connectivity index (χ0) is 16.8. The Morgan fingerprint density at radius 2 is 1.78 bits per heavy atom. The van der Waals surface area contributed by atoms with E-state index < -0.39 is 0 Å². The van der Waals surface area contributed by atoms with Gasteiger partial charge in [-0.3, -0.25) is 4.79 Å². The van der Waals surface area contributed by atoms with Gasteiger partial charge in [0, 0.05) is 15.6 Å². The molecule has 0 saturated heterocycles. The highest BCUT2D eigenvalue weighted by molar-refractivity contribution is 6.31. The van der Waals surface area contributed by atoms with Gasteiger partial charge in [0.15, 0.2) is 6.54 Å². The maximum Gasteiger partial charge on any atom is 0.275 e. The number of benzene rings is 2. The summed E-state index contributed by atoms with van der Waals surface area (Å²) in [6.45, 7) is 3.07. The SMILES string of the molecule is C[C@H](NC(=O)C[NH+](C)Cc1ccccc1Cl)c1ccc(Cl)cc1. The third-order valence-corrected chi connectivity index (χ3v) is 4.28. The van der Waals surface area contributed by atoms with Crippen molar-refractivity contribution in [3.05, 3.63) is 69.7 Å². The van der Waals surface area contributed by atoms with Crippen molar-refractivity contribution in [1.82, 2.24) is 5.32 Å². The van der Waals surface area contributed by atoms with Crippen molar-refractivity contribution in [2.24, 2.45) is 0 Å². The lowest BCUT2D eigenvalue weighted by Crippen LogP contribution is -3.08. The highest BCUT2D eigenvalue weighted by Crippen LogP contribution is 2.16.